The molecule has 1 saturated heterocycles. The highest BCUT2D eigenvalue weighted by Crippen LogP contribution is 2.38. The molecule has 0 aromatic heterocycles. The van der Waals surface area contributed by atoms with Crippen molar-refractivity contribution in [2.75, 3.05) is 6.54 Å². The molecule has 0 bridgehead atoms. The van der Waals surface area contributed by atoms with Gasteiger partial charge in [-0.25, -0.2) is 0 Å². The van der Waals surface area contributed by atoms with Crippen molar-refractivity contribution in [3.63, 3.8) is 0 Å². The number of hydrogen-bond acceptors (Lipinski definition) is 1. The lowest BCUT2D eigenvalue weighted by Gasteiger charge is -2.46. The zero-order valence-electron chi connectivity index (χ0n) is 10.0. The van der Waals surface area contributed by atoms with E-state index < -0.39 is 0 Å². The number of aryl methyl sites for hydroxylation is 1. The molecular formula is C14H21N. The van der Waals surface area contributed by atoms with Crippen LogP contribution in [0.1, 0.15) is 37.8 Å². The molecule has 1 atom stereocenters. The predicted octanol–water partition coefficient (Wildman–Crippen LogP) is 3.23. The minimum Gasteiger partial charge on any atom is -0.307 e. The Bertz CT molecular complexity index is 337. The summed E-state index contributed by atoms with van der Waals surface area (Å²) in [5.74, 6) is 0.748. The summed E-state index contributed by atoms with van der Waals surface area (Å²) >= 11 is 0. The zero-order chi connectivity index (χ0) is 10.9. The second-order valence-corrected chi connectivity index (χ2v) is 5.17. The molecule has 1 fully saturated rings. The first-order valence-corrected chi connectivity index (χ1v) is 5.95. The monoisotopic (exact) mass is 203 g/mol. The molecule has 1 N–H and O–H groups in total. The van der Waals surface area contributed by atoms with E-state index in [2.05, 4.69) is 50.4 Å². The van der Waals surface area contributed by atoms with Gasteiger partial charge in [0.2, 0.25) is 0 Å². The molecule has 15 heavy (non-hydrogen) atoms. The lowest BCUT2D eigenvalue weighted by Crippen LogP contribution is -2.55. The van der Waals surface area contributed by atoms with Crippen LogP contribution < -0.4 is 5.32 Å². The summed E-state index contributed by atoms with van der Waals surface area (Å²) in [6, 6.07) is 8.78. The van der Waals surface area contributed by atoms with E-state index in [1.54, 1.807) is 0 Å². The normalized spacial score (nSPS) is 25.3. The minimum atomic E-state index is 0.277. The van der Waals surface area contributed by atoms with Crippen LogP contribution in [0.5, 0.6) is 0 Å². The SMILES string of the molecule is Cc1ccccc1C1(CC(C)C)CCN1. The summed E-state index contributed by atoms with van der Waals surface area (Å²) in [4.78, 5) is 0. The van der Waals surface area contributed by atoms with E-state index in [4.69, 9.17) is 0 Å². The average molecular weight is 203 g/mol. The van der Waals surface area contributed by atoms with Crippen LogP contribution >= 0.6 is 0 Å². The van der Waals surface area contributed by atoms with Gasteiger partial charge in [0, 0.05) is 5.54 Å². The minimum absolute atomic E-state index is 0.277. The van der Waals surface area contributed by atoms with E-state index >= 15 is 0 Å². The van der Waals surface area contributed by atoms with Gasteiger partial charge in [0.1, 0.15) is 0 Å². The molecule has 1 heteroatoms. The third-order valence-corrected chi connectivity index (χ3v) is 3.43. The highest BCUT2D eigenvalue weighted by atomic mass is 15.0. The van der Waals surface area contributed by atoms with Gasteiger partial charge in [-0.3, -0.25) is 0 Å². The van der Waals surface area contributed by atoms with Crippen molar-refractivity contribution < 1.29 is 0 Å². The molecule has 1 heterocycles. The standard InChI is InChI=1S/C14H21N/c1-11(2)10-14(8-9-15-14)13-7-5-4-6-12(13)3/h4-7,11,15H,8-10H2,1-3H3. The largest absolute Gasteiger partial charge is 0.307 e. The van der Waals surface area contributed by atoms with E-state index in [0.29, 0.717) is 0 Å². The van der Waals surface area contributed by atoms with Gasteiger partial charge >= 0.3 is 0 Å². The Morgan fingerprint density at radius 2 is 2.00 bits per heavy atom. The molecule has 82 valence electrons. The second kappa shape index (κ2) is 3.97. The smallest absolute Gasteiger partial charge is 0.0451 e. The van der Waals surface area contributed by atoms with Crippen molar-refractivity contribution in [1.82, 2.24) is 5.32 Å². The molecule has 2 rings (SSSR count). The van der Waals surface area contributed by atoms with Gasteiger partial charge in [0.25, 0.3) is 0 Å². The maximum Gasteiger partial charge on any atom is 0.0451 e. The fraction of sp³-hybridized carbons (Fsp3) is 0.571. The molecule has 0 radical (unpaired) electrons. The summed E-state index contributed by atoms with van der Waals surface area (Å²) in [5, 5.41) is 3.65. The summed E-state index contributed by atoms with van der Waals surface area (Å²) in [7, 11) is 0. The maximum atomic E-state index is 3.65. The van der Waals surface area contributed by atoms with Gasteiger partial charge in [-0.05, 0) is 43.4 Å². The Balaban J connectivity index is 2.30. The fourth-order valence-corrected chi connectivity index (χ4v) is 2.75. The Morgan fingerprint density at radius 1 is 1.33 bits per heavy atom. The van der Waals surface area contributed by atoms with E-state index in [1.165, 1.54) is 30.5 Å². The highest BCUT2D eigenvalue weighted by Gasteiger charge is 2.39. The van der Waals surface area contributed by atoms with Crippen LogP contribution in [0.3, 0.4) is 0 Å². The quantitative estimate of drug-likeness (QED) is 0.795. The van der Waals surface area contributed by atoms with Crippen molar-refractivity contribution >= 4 is 0 Å². The molecule has 0 amide bonds. The van der Waals surface area contributed by atoms with Crippen molar-refractivity contribution in [1.29, 1.82) is 0 Å². The van der Waals surface area contributed by atoms with Crippen LogP contribution in [0, 0.1) is 12.8 Å². The third-order valence-electron chi connectivity index (χ3n) is 3.43. The zero-order valence-corrected chi connectivity index (χ0v) is 10.0. The first-order chi connectivity index (χ1) is 7.14. The number of rotatable bonds is 3. The Hall–Kier alpha value is -0.820. The maximum absolute atomic E-state index is 3.65. The van der Waals surface area contributed by atoms with Crippen LogP contribution in [0.2, 0.25) is 0 Å². The molecule has 1 nitrogen and oxygen atoms in total. The predicted molar refractivity (Wildman–Crippen MR) is 64.9 cm³/mol. The molecule has 0 saturated carbocycles. The Labute approximate surface area is 92.9 Å². The van der Waals surface area contributed by atoms with Crippen molar-refractivity contribution in [3.8, 4) is 0 Å². The van der Waals surface area contributed by atoms with Gasteiger partial charge in [0.15, 0.2) is 0 Å². The van der Waals surface area contributed by atoms with Crippen molar-refractivity contribution in [2.45, 2.75) is 39.2 Å². The summed E-state index contributed by atoms with van der Waals surface area (Å²) < 4.78 is 0. The first-order valence-electron chi connectivity index (χ1n) is 5.95. The first kappa shape index (κ1) is 10.7. The van der Waals surface area contributed by atoms with Crippen LogP contribution in [-0.2, 0) is 5.54 Å². The van der Waals surface area contributed by atoms with Gasteiger partial charge in [-0.2, -0.15) is 0 Å². The van der Waals surface area contributed by atoms with Crippen molar-refractivity contribution in [2.24, 2.45) is 5.92 Å². The molecule has 0 aliphatic carbocycles. The molecule has 1 aliphatic heterocycles. The average Bonchev–Trinajstić information content (AvgIpc) is 2.12. The number of hydrogen-bond donors (Lipinski definition) is 1. The number of benzene rings is 1. The van der Waals surface area contributed by atoms with E-state index in [1.807, 2.05) is 0 Å². The van der Waals surface area contributed by atoms with Gasteiger partial charge in [-0.15, -0.1) is 0 Å². The molecule has 1 aromatic carbocycles. The van der Waals surface area contributed by atoms with Crippen molar-refractivity contribution in [3.05, 3.63) is 35.4 Å². The third kappa shape index (κ3) is 1.93. The molecular weight excluding hydrogens is 182 g/mol. The van der Waals surface area contributed by atoms with Gasteiger partial charge < -0.3 is 5.32 Å². The highest BCUT2D eigenvalue weighted by molar-refractivity contribution is 5.34. The van der Waals surface area contributed by atoms with Crippen LogP contribution in [0.15, 0.2) is 24.3 Å². The topological polar surface area (TPSA) is 12.0 Å². The second-order valence-electron chi connectivity index (χ2n) is 5.17. The molecule has 1 aromatic rings. The Morgan fingerprint density at radius 3 is 2.47 bits per heavy atom. The van der Waals surface area contributed by atoms with Crippen LogP contribution in [0.4, 0.5) is 0 Å². The molecule has 0 spiro atoms. The van der Waals surface area contributed by atoms with Gasteiger partial charge in [0.05, 0.1) is 0 Å². The van der Waals surface area contributed by atoms with Gasteiger partial charge in [-0.1, -0.05) is 38.1 Å². The lowest BCUT2D eigenvalue weighted by molar-refractivity contribution is 0.169. The van der Waals surface area contributed by atoms with Crippen LogP contribution in [-0.4, -0.2) is 6.54 Å². The Kier molecular flexibility index (Phi) is 2.83. The number of nitrogens with one attached hydrogen (secondary N) is 1. The van der Waals surface area contributed by atoms with Crippen LogP contribution in [0.25, 0.3) is 0 Å². The van der Waals surface area contributed by atoms with E-state index in [9.17, 15) is 0 Å². The molecule has 1 unspecified atom stereocenters. The van der Waals surface area contributed by atoms with E-state index in [0.717, 1.165) is 5.92 Å². The molecule has 1 aliphatic rings. The lowest BCUT2D eigenvalue weighted by atomic mass is 9.73. The van der Waals surface area contributed by atoms with E-state index in [-0.39, 0.29) is 5.54 Å². The summed E-state index contributed by atoms with van der Waals surface area (Å²) in [6.45, 7) is 8.00. The fourth-order valence-electron chi connectivity index (χ4n) is 2.75. The summed E-state index contributed by atoms with van der Waals surface area (Å²) in [5.41, 5.74) is 3.20. The summed E-state index contributed by atoms with van der Waals surface area (Å²) in [6.07, 6.45) is 2.54.